The van der Waals surface area contributed by atoms with Gasteiger partial charge in [-0.1, -0.05) is 48.5 Å². The van der Waals surface area contributed by atoms with Gasteiger partial charge in [0.25, 0.3) is 0 Å². The molecule has 0 aliphatic carbocycles. The van der Waals surface area contributed by atoms with Crippen molar-refractivity contribution in [1.29, 1.82) is 0 Å². The van der Waals surface area contributed by atoms with Crippen LogP contribution in [-0.4, -0.2) is 42.7 Å². The zero-order chi connectivity index (χ0) is 19.1. The van der Waals surface area contributed by atoms with Crippen molar-refractivity contribution in [3.63, 3.8) is 0 Å². The first-order valence-electron chi connectivity index (χ1n) is 9.00. The van der Waals surface area contributed by atoms with E-state index in [9.17, 15) is 9.59 Å². The van der Waals surface area contributed by atoms with Gasteiger partial charge in [0.1, 0.15) is 12.1 Å². The van der Waals surface area contributed by atoms with Crippen LogP contribution in [0.1, 0.15) is 18.4 Å². The molecule has 0 radical (unpaired) electrons. The van der Waals surface area contributed by atoms with Gasteiger partial charge in [0, 0.05) is 18.8 Å². The van der Waals surface area contributed by atoms with Gasteiger partial charge in [0.05, 0.1) is 7.11 Å². The zero-order valence-electron chi connectivity index (χ0n) is 15.4. The highest BCUT2D eigenvalue weighted by atomic mass is 16.6. The van der Waals surface area contributed by atoms with Crippen molar-refractivity contribution in [2.45, 2.75) is 25.0 Å². The fourth-order valence-electron chi connectivity index (χ4n) is 3.25. The number of esters is 1. The van der Waals surface area contributed by atoms with Crippen molar-refractivity contribution in [1.82, 2.24) is 4.90 Å². The highest BCUT2D eigenvalue weighted by Gasteiger charge is 2.43. The Morgan fingerprint density at radius 1 is 1.00 bits per heavy atom. The Hall–Kier alpha value is -3.02. The van der Waals surface area contributed by atoms with Crippen molar-refractivity contribution in [2.75, 3.05) is 25.5 Å². The lowest BCUT2D eigenvalue weighted by Crippen LogP contribution is -2.56. The molecule has 3 rings (SSSR count). The van der Waals surface area contributed by atoms with Gasteiger partial charge in [-0.15, -0.1) is 0 Å². The summed E-state index contributed by atoms with van der Waals surface area (Å²) >= 11 is 0. The maximum absolute atomic E-state index is 12.5. The van der Waals surface area contributed by atoms with Gasteiger partial charge in [-0.3, -0.25) is 0 Å². The number of hydrogen-bond donors (Lipinski definition) is 1. The number of amides is 1. The van der Waals surface area contributed by atoms with Crippen LogP contribution in [0.15, 0.2) is 60.7 Å². The van der Waals surface area contributed by atoms with E-state index < -0.39 is 5.54 Å². The van der Waals surface area contributed by atoms with Crippen molar-refractivity contribution < 1.29 is 19.1 Å². The predicted molar refractivity (Wildman–Crippen MR) is 102 cm³/mol. The molecule has 2 aromatic carbocycles. The number of carbonyl (C=O) groups excluding carboxylic acids is 2. The summed E-state index contributed by atoms with van der Waals surface area (Å²) in [5, 5.41) is 3.31. The second-order valence-electron chi connectivity index (χ2n) is 6.59. The third-order valence-electron chi connectivity index (χ3n) is 4.81. The number of nitrogens with one attached hydrogen (secondary N) is 1. The summed E-state index contributed by atoms with van der Waals surface area (Å²) in [6.07, 6.45) is 0.543. The SMILES string of the molecule is COC(=O)C1(Nc2ccccc2)CCN(C(=O)OCc2ccccc2)CC1. The quantitative estimate of drug-likeness (QED) is 0.819. The molecular weight excluding hydrogens is 344 g/mol. The Bertz CT molecular complexity index is 756. The number of anilines is 1. The molecule has 0 saturated carbocycles. The third-order valence-corrected chi connectivity index (χ3v) is 4.81. The minimum absolute atomic E-state index is 0.237. The molecule has 6 heteroatoms. The van der Waals surface area contributed by atoms with E-state index in [1.54, 1.807) is 4.90 Å². The Balaban J connectivity index is 1.60. The molecule has 1 heterocycles. The van der Waals surface area contributed by atoms with Gasteiger partial charge in [0.15, 0.2) is 0 Å². The number of hydrogen-bond acceptors (Lipinski definition) is 5. The molecule has 2 aromatic rings. The molecule has 0 spiro atoms. The summed E-state index contributed by atoms with van der Waals surface area (Å²) in [5.41, 5.74) is 0.951. The van der Waals surface area contributed by atoms with E-state index in [-0.39, 0.29) is 18.7 Å². The Labute approximate surface area is 159 Å². The number of ether oxygens (including phenoxy) is 2. The van der Waals surface area contributed by atoms with E-state index in [0.717, 1.165) is 11.3 Å². The number of rotatable bonds is 5. The molecule has 0 atom stereocenters. The van der Waals surface area contributed by atoms with E-state index in [2.05, 4.69) is 5.32 Å². The lowest BCUT2D eigenvalue weighted by Gasteiger charge is -2.40. The van der Waals surface area contributed by atoms with Gasteiger partial charge < -0.3 is 19.7 Å². The van der Waals surface area contributed by atoms with Crippen LogP contribution in [0, 0.1) is 0 Å². The zero-order valence-corrected chi connectivity index (χ0v) is 15.4. The summed E-state index contributed by atoms with van der Waals surface area (Å²) in [4.78, 5) is 26.4. The number of methoxy groups -OCH3 is 1. The minimum atomic E-state index is -0.841. The van der Waals surface area contributed by atoms with Crippen LogP contribution in [-0.2, 0) is 20.9 Å². The first-order chi connectivity index (χ1) is 13.1. The molecule has 1 fully saturated rings. The fourth-order valence-corrected chi connectivity index (χ4v) is 3.25. The van der Waals surface area contributed by atoms with Crippen molar-refractivity contribution in [3.8, 4) is 0 Å². The molecule has 1 N–H and O–H groups in total. The first kappa shape index (κ1) is 18.8. The third kappa shape index (κ3) is 4.58. The summed E-state index contributed by atoms with van der Waals surface area (Å²) in [5.74, 6) is -0.316. The number of nitrogens with zero attached hydrogens (tertiary/aromatic N) is 1. The molecule has 1 aliphatic rings. The highest BCUT2D eigenvalue weighted by Crippen LogP contribution is 2.29. The van der Waals surface area contributed by atoms with Crippen molar-refractivity contribution in [2.24, 2.45) is 0 Å². The molecule has 1 saturated heterocycles. The molecule has 0 bridgehead atoms. The minimum Gasteiger partial charge on any atom is -0.467 e. The predicted octanol–water partition coefficient (Wildman–Crippen LogP) is 3.44. The Kier molecular flexibility index (Phi) is 5.96. The molecule has 27 heavy (non-hydrogen) atoms. The second-order valence-corrected chi connectivity index (χ2v) is 6.59. The molecule has 0 unspecified atom stereocenters. The summed E-state index contributed by atoms with van der Waals surface area (Å²) < 4.78 is 10.4. The largest absolute Gasteiger partial charge is 0.467 e. The maximum atomic E-state index is 12.5. The van der Waals surface area contributed by atoms with Crippen LogP contribution in [0.25, 0.3) is 0 Å². The summed E-state index contributed by atoms with van der Waals surface area (Å²) in [7, 11) is 1.39. The van der Waals surface area contributed by atoms with E-state index >= 15 is 0 Å². The number of benzene rings is 2. The number of likely N-dealkylation sites (tertiary alicyclic amines) is 1. The van der Waals surface area contributed by atoms with Gasteiger partial charge in [-0.25, -0.2) is 9.59 Å². The molecule has 0 aromatic heterocycles. The summed E-state index contributed by atoms with van der Waals surface area (Å²) in [6, 6.07) is 19.1. The van der Waals surface area contributed by atoms with E-state index in [1.807, 2.05) is 60.7 Å². The van der Waals surface area contributed by atoms with E-state index in [0.29, 0.717) is 25.9 Å². The Morgan fingerprint density at radius 2 is 1.59 bits per heavy atom. The topological polar surface area (TPSA) is 67.9 Å². The molecule has 142 valence electrons. The average molecular weight is 368 g/mol. The maximum Gasteiger partial charge on any atom is 0.410 e. The van der Waals surface area contributed by atoms with Gasteiger partial charge >= 0.3 is 12.1 Å². The van der Waals surface area contributed by atoms with Crippen molar-refractivity contribution >= 4 is 17.7 Å². The van der Waals surface area contributed by atoms with Crippen LogP contribution in [0.5, 0.6) is 0 Å². The molecular formula is C21H24N2O4. The average Bonchev–Trinajstić information content (AvgIpc) is 2.73. The fraction of sp³-hybridized carbons (Fsp3) is 0.333. The van der Waals surface area contributed by atoms with Crippen molar-refractivity contribution in [3.05, 3.63) is 66.2 Å². The molecule has 1 aliphatic heterocycles. The lowest BCUT2D eigenvalue weighted by molar-refractivity contribution is -0.147. The second kappa shape index (κ2) is 8.58. The number of para-hydroxylation sites is 1. The van der Waals surface area contributed by atoms with Gasteiger partial charge in [0.2, 0.25) is 0 Å². The van der Waals surface area contributed by atoms with Crippen LogP contribution in [0.4, 0.5) is 10.5 Å². The van der Waals surface area contributed by atoms with Crippen LogP contribution in [0.3, 0.4) is 0 Å². The lowest BCUT2D eigenvalue weighted by atomic mass is 9.87. The molecule has 1 amide bonds. The van der Waals surface area contributed by atoms with Gasteiger partial charge in [-0.05, 0) is 30.5 Å². The first-order valence-corrected chi connectivity index (χ1v) is 9.00. The van der Waals surface area contributed by atoms with Gasteiger partial charge in [-0.2, -0.15) is 0 Å². The molecule has 6 nitrogen and oxygen atoms in total. The van der Waals surface area contributed by atoms with Crippen LogP contribution < -0.4 is 5.32 Å². The van der Waals surface area contributed by atoms with E-state index in [4.69, 9.17) is 9.47 Å². The van der Waals surface area contributed by atoms with E-state index in [1.165, 1.54) is 7.11 Å². The smallest absolute Gasteiger partial charge is 0.410 e. The highest BCUT2D eigenvalue weighted by molar-refractivity contribution is 5.85. The number of carbonyl (C=O) groups is 2. The van der Waals surface area contributed by atoms with Crippen LogP contribution in [0.2, 0.25) is 0 Å². The number of piperidine rings is 1. The normalized spacial score (nSPS) is 15.7. The van der Waals surface area contributed by atoms with Crippen LogP contribution >= 0.6 is 0 Å². The Morgan fingerprint density at radius 3 is 2.19 bits per heavy atom. The summed E-state index contributed by atoms with van der Waals surface area (Å²) in [6.45, 7) is 1.08. The monoisotopic (exact) mass is 368 g/mol. The standard InChI is InChI=1S/C21H24N2O4/c1-26-19(24)21(22-18-10-6-3-7-11-18)12-14-23(15-13-21)20(25)27-16-17-8-4-2-5-9-17/h2-11,22H,12-16H2,1H3.